The maximum atomic E-state index is 12.9. The van der Waals surface area contributed by atoms with Crippen molar-refractivity contribution >= 4 is 5.78 Å². The van der Waals surface area contributed by atoms with Crippen LogP contribution in [0.3, 0.4) is 0 Å². The molecule has 3 aromatic heterocycles. The Hall–Kier alpha value is -3.15. The van der Waals surface area contributed by atoms with Crippen LogP contribution in [-0.2, 0) is 6.42 Å². The van der Waals surface area contributed by atoms with E-state index in [-0.39, 0.29) is 17.9 Å². The SMILES string of the molecule is Cc1ccc(Oc2cc(C)nc(C(=O)Cc3ccc(F)cn3)c2)cn1. The summed E-state index contributed by atoms with van der Waals surface area (Å²) < 4.78 is 18.7. The summed E-state index contributed by atoms with van der Waals surface area (Å²) in [5.74, 6) is 0.435. The van der Waals surface area contributed by atoms with Gasteiger partial charge in [-0.1, -0.05) is 0 Å². The van der Waals surface area contributed by atoms with Crippen molar-refractivity contribution in [2.75, 3.05) is 0 Å². The second kappa shape index (κ2) is 7.17. The molecule has 5 nitrogen and oxygen atoms in total. The first-order chi connectivity index (χ1) is 12.0. The maximum Gasteiger partial charge on any atom is 0.187 e. The number of ketones is 1. The minimum absolute atomic E-state index is 0.0439. The van der Waals surface area contributed by atoms with Crippen molar-refractivity contribution in [2.24, 2.45) is 0 Å². The zero-order valence-corrected chi connectivity index (χ0v) is 13.9. The highest BCUT2D eigenvalue weighted by Crippen LogP contribution is 2.22. The summed E-state index contributed by atoms with van der Waals surface area (Å²) >= 11 is 0. The van der Waals surface area contributed by atoms with Gasteiger partial charge in [-0.15, -0.1) is 0 Å². The number of ether oxygens (including phenoxy) is 1. The molecule has 0 atom stereocenters. The molecule has 0 aliphatic heterocycles. The molecule has 0 fully saturated rings. The van der Waals surface area contributed by atoms with Gasteiger partial charge in [0.25, 0.3) is 0 Å². The molecule has 0 saturated heterocycles. The van der Waals surface area contributed by atoms with Gasteiger partial charge in [0.1, 0.15) is 23.0 Å². The third-order valence-corrected chi connectivity index (χ3v) is 3.46. The molecule has 3 aromatic rings. The van der Waals surface area contributed by atoms with Crippen LogP contribution in [0.1, 0.15) is 27.6 Å². The first kappa shape index (κ1) is 16.7. The standard InChI is InChI=1S/C19H16FN3O2/c1-12-3-6-16(11-21-12)25-17-7-13(2)23-18(9-17)19(24)8-15-5-4-14(20)10-22-15/h3-7,9-11H,8H2,1-2H3. The van der Waals surface area contributed by atoms with Crippen LogP contribution in [0.2, 0.25) is 0 Å². The van der Waals surface area contributed by atoms with Gasteiger partial charge in [0, 0.05) is 29.2 Å². The second-order valence-corrected chi connectivity index (χ2v) is 5.63. The van der Waals surface area contributed by atoms with Crippen LogP contribution >= 0.6 is 0 Å². The number of nitrogens with zero attached hydrogens (tertiary/aromatic N) is 3. The first-order valence-electron chi connectivity index (χ1n) is 7.72. The first-order valence-corrected chi connectivity index (χ1v) is 7.72. The van der Waals surface area contributed by atoms with Crippen LogP contribution in [0.5, 0.6) is 11.5 Å². The third-order valence-electron chi connectivity index (χ3n) is 3.46. The highest BCUT2D eigenvalue weighted by molar-refractivity contribution is 5.95. The Bertz CT molecular complexity index is 894. The van der Waals surface area contributed by atoms with Gasteiger partial charge in [-0.3, -0.25) is 14.8 Å². The summed E-state index contributed by atoms with van der Waals surface area (Å²) in [4.78, 5) is 24.8. The monoisotopic (exact) mass is 337 g/mol. The summed E-state index contributed by atoms with van der Waals surface area (Å²) in [5.41, 5.74) is 2.31. The molecule has 0 unspecified atom stereocenters. The lowest BCUT2D eigenvalue weighted by Crippen LogP contribution is -2.08. The van der Waals surface area contributed by atoms with Crippen LogP contribution in [0.4, 0.5) is 4.39 Å². The van der Waals surface area contributed by atoms with E-state index >= 15 is 0 Å². The zero-order valence-electron chi connectivity index (χ0n) is 13.9. The fourth-order valence-electron chi connectivity index (χ4n) is 2.26. The van der Waals surface area contributed by atoms with Crippen molar-refractivity contribution in [1.29, 1.82) is 0 Å². The molecule has 25 heavy (non-hydrogen) atoms. The Morgan fingerprint density at radius 1 is 1.00 bits per heavy atom. The van der Waals surface area contributed by atoms with E-state index in [1.807, 2.05) is 19.1 Å². The van der Waals surface area contributed by atoms with E-state index in [1.165, 1.54) is 12.1 Å². The highest BCUT2D eigenvalue weighted by Gasteiger charge is 2.12. The number of Topliss-reactive ketones (excluding diaryl/α,β-unsaturated/α-hetero) is 1. The number of aryl methyl sites for hydroxylation is 2. The number of hydrogen-bond acceptors (Lipinski definition) is 5. The van der Waals surface area contributed by atoms with Gasteiger partial charge in [0.2, 0.25) is 0 Å². The number of pyridine rings is 3. The number of hydrogen-bond donors (Lipinski definition) is 0. The number of carbonyl (C=O) groups excluding carboxylic acids is 1. The quantitative estimate of drug-likeness (QED) is 0.662. The van der Waals surface area contributed by atoms with E-state index in [9.17, 15) is 9.18 Å². The molecule has 0 radical (unpaired) electrons. The molecular formula is C19H16FN3O2. The summed E-state index contributed by atoms with van der Waals surface area (Å²) in [6, 6.07) is 9.74. The van der Waals surface area contributed by atoms with Crippen LogP contribution in [-0.4, -0.2) is 20.7 Å². The summed E-state index contributed by atoms with van der Waals surface area (Å²) in [5, 5.41) is 0. The Kier molecular flexibility index (Phi) is 4.79. The Morgan fingerprint density at radius 3 is 2.52 bits per heavy atom. The highest BCUT2D eigenvalue weighted by atomic mass is 19.1. The molecule has 0 aliphatic carbocycles. The molecule has 0 bridgehead atoms. The predicted octanol–water partition coefficient (Wildman–Crippen LogP) is 3.85. The largest absolute Gasteiger partial charge is 0.456 e. The van der Waals surface area contributed by atoms with Crippen molar-refractivity contribution in [1.82, 2.24) is 15.0 Å². The van der Waals surface area contributed by atoms with Gasteiger partial charge >= 0.3 is 0 Å². The summed E-state index contributed by atoms with van der Waals surface area (Å²) in [6.45, 7) is 3.67. The fourth-order valence-corrected chi connectivity index (χ4v) is 2.26. The van der Waals surface area contributed by atoms with Gasteiger partial charge < -0.3 is 4.74 Å². The minimum Gasteiger partial charge on any atom is -0.456 e. The molecule has 6 heteroatoms. The van der Waals surface area contributed by atoms with Crippen molar-refractivity contribution in [3.05, 3.63) is 77.4 Å². The number of rotatable bonds is 5. The van der Waals surface area contributed by atoms with Gasteiger partial charge in [0.05, 0.1) is 18.8 Å². The van der Waals surface area contributed by atoms with E-state index in [2.05, 4.69) is 15.0 Å². The number of halogens is 1. The van der Waals surface area contributed by atoms with Crippen molar-refractivity contribution in [3.63, 3.8) is 0 Å². The second-order valence-electron chi connectivity index (χ2n) is 5.63. The van der Waals surface area contributed by atoms with Gasteiger partial charge in [-0.25, -0.2) is 9.37 Å². The Balaban J connectivity index is 1.79. The van der Waals surface area contributed by atoms with Gasteiger partial charge in [0.15, 0.2) is 5.78 Å². The molecule has 3 rings (SSSR count). The average molecular weight is 337 g/mol. The van der Waals surface area contributed by atoms with Crippen LogP contribution < -0.4 is 4.74 Å². The van der Waals surface area contributed by atoms with E-state index in [1.54, 1.807) is 25.3 Å². The Labute approximate surface area is 144 Å². The molecule has 3 heterocycles. The summed E-state index contributed by atoms with van der Waals surface area (Å²) in [6.07, 6.45) is 2.75. The zero-order chi connectivity index (χ0) is 17.8. The van der Waals surface area contributed by atoms with Crippen molar-refractivity contribution < 1.29 is 13.9 Å². The van der Waals surface area contributed by atoms with Gasteiger partial charge in [-0.05, 0) is 38.1 Å². The van der Waals surface area contributed by atoms with Gasteiger partial charge in [-0.2, -0.15) is 0 Å². The number of carbonyl (C=O) groups is 1. The molecule has 0 spiro atoms. The lowest BCUT2D eigenvalue weighted by Gasteiger charge is -2.08. The van der Waals surface area contributed by atoms with E-state index in [0.717, 1.165) is 11.9 Å². The average Bonchev–Trinajstić information content (AvgIpc) is 2.58. The Morgan fingerprint density at radius 2 is 1.84 bits per heavy atom. The topological polar surface area (TPSA) is 65.0 Å². The number of aromatic nitrogens is 3. The molecular weight excluding hydrogens is 321 g/mol. The lowest BCUT2D eigenvalue weighted by molar-refractivity contribution is 0.0986. The maximum absolute atomic E-state index is 12.9. The predicted molar refractivity (Wildman–Crippen MR) is 90.3 cm³/mol. The third kappa shape index (κ3) is 4.44. The molecule has 0 amide bonds. The van der Waals surface area contributed by atoms with E-state index < -0.39 is 5.82 Å². The smallest absolute Gasteiger partial charge is 0.187 e. The summed E-state index contributed by atoms with van der Waals surface area (Å²) in [7, 11) is 0. The van der Waals surface area contributed by atoms with Crippen molar-refractivity contribution in [3.8, 4) is 11.5 Å². The van der Waals surface area contributed by atoms with Crippen LogP contribution in [0, 0.1) is 19.7 Å². The molecule has 126 valence electrons. The molecule has 0 N–H and O–H groups in total. The van der Waals surface area contributed by atoms with Crippen molar-refractivity contribution in [2.45, 2.75) is 20.3 Å². The van der Waals surface area contributed by atoms with E-state index in [0.29, 0.717) is 22.9 Å². The molecule has 0 saturated carbocycles. The van der Waals surface area contributed by atoms with Crippen LogP contribution in [0.25, 0.3) is 0 Å². The molecule has 0 aromatic carbocycles. The normalized spacial score (nSPS) is 10.5. The van der Waals surface area contributed by atoms with Crippen LogP contribution in [0.15, 0.2) is 48.8 Å². The van der Waals surface area contributed by atoms with E-state index in [4.69, 9.17) is 4.74 Å². The molecule has 0 aliphatic rings. The minimum atomic E-state index is -0.438. The lowest BCUT2D eigenvalue weighted by atomic mass is 10.1. The fraction of sp³-hybridized carbons (Fsp3) is 0.158.